The normalized spacial score (nSPS) is 19.8. The van der Waals surface area contributed by atoms with E-state index in [2.05, 4.69) is 36.2 Å². The Labute approximate surface area is 179 Å². The Morgan fingerprint density at radius 1 is 1.10 bits per heavy atom. The molecule has 0 bridgehead atoms. The largest absolute Gasteiger partial charge is 0.388 e. The first kappa shape index (κ1) is 21.0. The van der Waals surface area contributed by atoms with Crippen molar-refractivity contribution >= 4 is 22.8 Å². The van der Waals surface area contributed by atoms with Crippen LogP contribution in [0.1, 0.15) is 61.8 Å². The summed E-state index contributed by atoms with van der Waals surface area (Å²) < 4.78 is 0. The highest BCUT2D eigenvalue weighted by atomic mass is 16.3. The maximum Gasteiger partial charge on any atom is 0.226 e. The van der Waals surface area contributed by atoms with E-state index in [0.29, 0.717) is 6.54 Å². The number of benzene rings is 1. The number of aromatic nitrogens is 2. The lowest BCUT2D eigenvalue weighted by Gasteiger charge is -2.34. The Balaban J connectivity index is 1.37. The van der Waals surface area contributed by atoms with Gasteiger partial charge in [-0.25, -0.2) is 9.97 Å². The van der Waals surface area contributed by atoms with Crippen LogP contribution in [0, 0.1) is 26.7 Å². The molecule has 1 amide bonds. The Hall–Kier alpha value is -2.21. The van der Waals surface area contributed by atoms with E-state index in [0.717, 1.165) is 74.2 Å². The van der Waals surface area contributed by atoms with Gasteiger partial charge in [-0.2, -0.15) is 0 Å². The standard InChI is InChI=1S/C24H34N4O2/c1-16-13-20-18(3)26-23(27-21(20)14-17(16)2)28-11-7-19(8-12-28)22(29)25-15-24(30)9-5-4-6-10-24/h13-14,19,30H,4-12,15H2,1-3H3,(H,25,29). The molecular formula is C24H34N4O2. The number of carbonyl (C=O) groups excluding carboxylic acids is 1. The van der Waals surface area contributed by atoms with Crippen molar-refractivity contribution in [2.45, 2.75) is 71.3 Å². The van der Waals surface area contributed by atoms with Crippen molar-refractivity contribution in [3.63, 3.8) is 0 Å². The van der Waals surface area contributed by atoms with Crippen molar-refractivity contribution in [1.82, 2.24) is 15.3 Å². The molecule has 0 radical (unpaired) electrons. The fourth-order valence-corrected chi connectivity index (χ4v) is 4.79. The maximum absolute atomic E-state index is 12.7. The molecule has 1 aliphatic carbocycles. The van der Waals surface area contributed by atoms with Gasteiger partial charge in [-0.3, -0.25) is 4.79 Å². The molecule has 2 heterocycles. The lowest BCUT2D eigenvalue weighted by molar-refractivity contribution is -0.127. The predicted molar refractivity (Wildman–Crippen MR) is 120 cm³/mol. The molecule has 2 fully saturated rings. The summed E-state index contributed by atoms with van der Waals surface area (Å²) in [5, 5.41) is 14.8. The van der Waals surface area contributed by atoms with Gasteiger partial charge in [-0.1, -0.05) is 19.3 Å². The van der Waals surface area contributed by atoms with Crippen molar-refractivity contribution in [3.05, 3.63) is 29.0 Å². The van der Waals surface area contributed by atoms with Crippen LogP contribution in [0.25, 0.3) is 10.9 Å². The highest BCUT2D eigenvalue weighted by Gasteiger charge is 2.32. The zero-order valence-electron chi connectivity index (χ0n) is 18.5. The maximum atomic E-state index is 12.7. The van der Waals surface area contributed by atoms with Gasteiger partial charge in [0.2, 0.25) is 11.9 Å². The molecule has 30 heavy (non-hydrogen) atoms. The molecular weight excluding hydrogens is 376 g/mol. The lowest BCUT2D eigenvalue weighted by Crippen LogP contribution is -2.47. The number of nitrogens with zero attached hydrogens (tertiary/aromatic N) is 3. The Kier molecular flexibility index (Phi) is 5.96. The third-order valence-electron chi connectivity index (χ3n) is 7.01. The lowest BCUT2D eigenvalue weighted by atomic mass is 9.84. The SMILES string of the molecule is Cc1cc2nc(N3CCC(C(=O)NCC4(O)CCCCC4)CC3)nc(C)c2cc1C. The Morgan fingerprint density at radius 3 is 2.47 bits per heavy atom. The van der Waals surface area contributed by atoms with Crippen LogP contribution in [0.3, 0.4) is 0 Å². The number of nitrogens with one attached hydrogen (secondary N) is 1. The minimum atomic E-state index is -0.707. The number of hydrogen-bond donors (Lipinski definition) is 2. The molecule has 2 N–H and O–H groups in total. The Bertz CT molecular complexity index is 928. The number of aliphatic hydroxyl groups is 1. The second-order valence-electron chi connectivity index (χ2n) is 9.33. The van der Waals surface area contributed by atoms with Crippen LogP contribution in [0.4, 0.5) is 5.95 Å². The van der Waals surface area contributed by atoms with Gasteiger partial charge in [0.1, 0.15) is 0 Å². The van der Waals surface area contributed by atoms with Crippen LogP contribution in [-0.4, -0.2) is 46.2 Å². The smallest absolute Gasteiger partial charge is 0.226 e. The quantitative estimate of drug-likeness (QED) is 0.805. The van der Waals surface area contributed by atoms with Gasteiger partial charge in [0.05, 0.1) is 16.8 Å². The average Bonchev–Trinajstić information content (AvgIpc) is 2.74. The number of amides is 1. The first-order valence-electron chi connectivity index (χ1n) is 11.4. The number of piperidine rings is 1. The van der Waals surface area contributed by atoms with Crippen LogP contribution in [0.15, 0.2) is 12.1 Å². The summed E-state index contributed by atoms with van der Waals surface area (Å²) in [6.07, 6.45) is 6.45. The van der Waals surface area contributed by atoms with E-state index in [1.165, 1.54) is 17.5 Å². The van der Waals surface area contributed by atoms with E-state index in [-0.39, 0.29) is 11.8 Å². The topological polar surface area (TPSA) is 78.4 Å². The number of rotatable bonds is 4. The van der Waals surface area contributed by atoms with Crippen molar-refractivity contribution in [1.29, 1.82) is 0 Å². The van der Waals surface area contributed by atoms with E-state index >= 15 is 0 Å². The van der Waals surface area contributed by atoms with Gasteiger partial charge in [0, 0.05) is 30.9 Å². The molecule has 0 unspecified atom stereocenters. The van der Waals surface area contributed by atoms with Crippen LogP contribution in [-0.2, 0) is 4.79 Å². The molecule has 162 valence electrons. The van der Waals surface area contributed by atoms with Crippen LogP contribution in [0.2, 0.25) is 0 Å². The first-order valence-corrected chi connectivity index (χ1v) is 11.4. The molecule has 1 saturated heterocycles. The summed E-state index contributed by atoms with van der Waals surface area (Å²) in [7, 11) is 0. The molecule has 1 aliphatic heterocycles. The van der Waals surface area contributed by atoms with Crippen molar-refractivity contribution in [3.8, 4) is 0 Å². The minimum absolute atomic E-state index is 0.000104. The van der Waals surface area contributed by atoms with Crippen LogP contribution in [0.5, 0.6) is 0 Å². The third-order valence-corrected chi connectivity index (χ3v) is 7.01. The molecule has 1 aromatic carbocycles. The van der Waals surface area contributed by atoms with E-state index < -0.39 is 5.60 Å². The second-order valence-corrected chi connectivity index (χ2v) is 9.33. The zero-order valence-corrected chi connectivity index (χ0v) is 18.5. The van der Waals surface area contributed by atoms with E-state index in [9.17, 15) is 9.90 Å². The summed E-state index contributed by atoms with van der Waals surface area (Å²) in [5.41, 5.74) is 3.77. The van der Waals surface area contributed by atoms with E-state index in [1.54, 1.807) is 0 Å². The summed E-state index contributed by atoms with van der Waals surface area (Å²) >= 11 is 0. The molecule has 0 spiro atoms. The number of hydrogen-bond acceptors (Lipinski definition) is 5. The third kappa shape index (κ3) is 4.43. The highest BCUT2D eigenvalue weighted by Crippen LogP contribution is 2.28. The van der Waals surface area contributed by atoms with Gasteiger partial charge in [0.25, 0.3) is 0 Å². The van der Waals surface area contributed by atoms with Gasteiger partial charge in [0.15, 0.2) is 0 Å². The molecule has 1 saturated carbocycles. The molecule has 1 aromatic heterocycles. The number of carbonyl (C=O) groups is 1. The molecule has 4 rings (SSSR count). The monoisotopic (exact) mass is 410 g/mol. The first-order chi connectivity index (χ1) is 14.3. The molecule has 2 aromatic rings. The predicted octanol–water partition coefficient (Wildman–Crippen LogP) is 3.58. The molecule has 6 nitrogen and oxygen atoms in total. The molecule has 6 heteroatoms. The highest BCUT2D eigenvalue weighted by molar-refractivity contribution is 5.83. The second kappa shape index (κ2) is 8.50. The van der Waals surface area contributed by atoms with Gasteiger partial charge in [-0.15, -0.1) is 0 Å². The van der Waals surface area contributed by atoms with Crippen LogP contribution >= 0.6 is 0 Å². The Morgan fingerprint density at radius 2 is 1.77 bits per heavy atom. The summed E-state index contributed by atoms with van der Waals surface area (Å²) in [4.78, 5) is 24.4. The van der Waals surface area contributed by atoms with Gasteiger partial charge < -0.3 is 15.3 Å². The average molecular weight is 411 g/mol. The van der Waals surface area contributed by atoms with Crippen molar-refractivity contribution < 1.29 is 9.90 Å². The summed E-state index contributed by atoms with van der Waals surface area (Å²) in [6, 6.07) is 4.31. The number of aryl methyl sites for hydroxylation is 3. The molecule has 2 aliphatic rings. The van der Waals surface area contributed by atoms with Gasteiger partial charge >= 0.3 is 0 Å². The van der Waals surface area contributed by atoms with Crippen molar-refractivity contribution in [2.75, 3.05) is 24.5 Å². The van der Waals surface area contributed by atoms with E-state index in [1.807, 2.05) is 6.92 Å². The number of fused-ring (bicyclic) bond motifs is 1. The fourth-order valence-electron chi connectivity index (χ4n) is 4.79. The van der Waals surface area contributed by atoms with Gasteiger partial charge in [-0.05, 0) is 69.7 Å². The van der Waals surface area contributed by atoms with E-state index in [4.69, 9.17) is 9.97 Å². The zero-order chi connectivity index (χ0) is 21.3. The fraction of sp³-hybridized carbons (Fsp3) is 0.625. The molecule has 0 atom stereocenters. The number of anilines is 1. The van der Waals surface area contributed by atoms with Crippen molar-refractivity contribution in [2.24, 2.45) is 5.92 Å². The minimum Gasteiger partial charge on any atom is -0.388 e. The summed E-state index contributed by atoms with van der Waals surface area (Å²) in [5.74, 6) is 0.842. The summed E-state index contributed by atoms with van der Waals surface area (Å²) in [6.45, 7) is 8.21. The van der Waals surface area contributed by atoms with Crippen LogP contribution < -0.4 is 10.2 Å².